The van der Waals surface area contributed by atoms with Gasteiger partial charge in [-0.05, 0) is 35.4 Å². The largest absolute Gasteiger partial charge is 0.416 e. The molecular formula is C16H12F6O2. The van der Waals surface area contributed by atoms with Crippen LogP contribution in [0.4, 0.5) is 26.3 Å². The molecule has 8 heteroatoms. The molecule has 0 aromatic heterocycles. The van der Waals surface area contributed by atoms with Crippen LogP contribution in [-0.2, 0) is 12.4 Å². The number of rotatable bonds is 3. The Balaban J connectivity index is 2.32. The van der Waals surface area contributed by atoms with Gasteiger partial charge in [0.2, 0.25) is 0 Å². The second kappa shape index (κ2) is 6.45. The van der Waals surface area contributed by atoms with Crippen LogP contribution in [-0.4, -0.2) is 10.2 Å². The van der Waals surface area contributed by atoms with Gasteiger partial charge < -0.3 is 10.2 Å². The lowest BCUT2D eigenvalue weighted by atomic mass is 9.96. The van der Waals surface area contributed by atoms with Gasteiger partial charge in [-0.25, -0.2) is 0 Å². The number of halogens is 6. The van der Waals surface area contributed by atoms with Crippen LogP contribution in [0.3, 0.4) is 0 Å². The number of aliphatic hydroxyl groups is 2. The number of alkyl halides is 6. The molecule has 0 spiro atoms. The summed E-state index contributed by atoms with van der Waals surface area (Å²) in [6.45, 7) is 0. The average Bonchev–Trinajstić information content (AvgIpc) is 2.52. The van der Waals surface area contributed by atoms with Crippen molar-refractivity contribution in [3.8, 4) is 0 Å². The van der Waals surface area contributed by atoms with Crippen molar-refractivity contribution in [1.29, 1.82) is 0 Å². The van der Waals surface area contributed by atoms with Crippen molar-refractivity contribution in [3.05, 3.63) is 70.8 Å². The van der Waals surface area contributed by atoms with E-state index in [0.717, 1.165) is 36.4 Å². The number of benzene rings is 2. The van der Waals surface area contributed by atoms with Gasteiger partial charge in [0.05, 0.1) is 11.1 Å². The van der Waals surface area contributed by atoms with Crippen molar-refractivity contribution >= 4 is 0 Å². The molecule has 0 radical (unpaired) electrons. The Bertz CT molecular complexity index is 647. The molecule has 0 unspecified atom stereocenters. The summed E-state index contributed by atoms with van der Waals surface area (Å²) < 4.78 is 76.0. The second-order valence-corrected chi connectivity index (χ2v) is 5.14. The highest BCUT2D eigenvalue weighted by Gasteiger charge is 2.33. The molecule has 130 valence electrons. The maximum Gasteiger partial charge on any atom is 0.416 e. The van der Waals surface area contributed by atoms with Crippen molar-refractivity contribution < 1.29 is 36.6 Å². The van der Waals surface area contributed by atoms with E-state index in [1.165, 1.54) is 0 Å². The van der Waals surface area contributed by atoms with E-state index in [-0.39, 0.29) is 11.1 Å². The van der Waals surface area contributed by atoms with Crippen LogP contribution in [0.25, 0.3) is 0 Å². The van der Waals surface area contributed by atoms with Crippen molar-refractivity contribution in [2.24, 2.45) is 0 Å². The van der Waals surface area contributed by atoms with E-state index in [1.807, 2.05) is 0 Å². The zero-order valence-corrected chi connectivity index (χ0v) is 11.9. The Labute approximate surface area is 133 Å². The van der Waals surface area contributed by atoms with E-state index in [1.54, 1.807) is 0 Å². The van der Waals surface area contributed by atoms with Crippen LogP contribution >= 0.6 is 0 Å². The molecule has 0 aliphatic carbocycles. The topological polar surface area (TPSA) is 40.5 Å². The third-order valence-electron chi connectivity index (χ3n) is 3.41. The summed E-state index contributed by atoms with van der Waals surface area (Å²) in [6.07, 6.45) is -12.9. The molecule has 0 aliphatic rings. The molecular weight excluding hydrogens is 338 g/mol. The van der Waals surface area contributed by atoms with Crippen molar-refractivity contribution in [2.45, 2.75) is 24.6 Å². The minimum Gasteiger partial charge on any atom is -0.385 e. The molecule has 0 amide bonds. The highest BCUT2D eigenvalue weighted by Crippen LogP contribution is 2.36. The third-order valence-corrected chi connectivity index (χ3v) is 3.41. The smallest absolute Gasteiger partial charge is 0.385 e. The third kappa shape index (κ3) is 4.07. The van der Waals surface area contributed by atoms with Gasteiger partial charge in [-0.3, -0.25) is 0 Å². The molecule has 2 aromatic rings. The first-order valence-electron chi connectivity index (χ1n) is 6.70. The maximum absolute atomic E-state index is 12.7. The Morgan fingerprint density at radius 2 is 0.958 bits per heavy atom. The molecule has 2 rings (SSSR count). The predicted octanol–water partition coefficient (Wildman–Crippen LogP) is 4.49. The molecule has 0 saturated carbocycles. The zero-order valence-electron chi connectivity index (χ0n) is 11.9. The standard InChI is InChI=1S/C16H12F6O2/c17-15(18,19)11-5-1-3-9(7-11)13(23)14(24)10-4-2-6-12(8-10)16(20,21)22/h1-8,13-14,23-24H/t13-,14-/m1/s1. The fourth-order valence-corrected chi connectivity index (χ4v) is 2.16. The zero-order chi connectivity index (χ0) is 18.1. The predicted molar refractivity (Wildman–Crippen MR) is 72.8 cm³/mol. The summed E-state index contributed by atoms with van der Waals surface area (Å²) in [5, 5.41) is 20.1. The minimum atomic E-state index is -4.64. The summed E-state index contributed by atoms with van der Waals surface area (Å²) in [6, 6.07) is 7.23. The van der Waals surface area contributed by atoms with Crippen molar-refractivity contribution in [1.82, 2.24) is 0 Å². The first-order valence-corrected chi connectivity index (χ1v) is 6.70. The Kier molecular flexibility index (Phi) is 4.91. The first-order chi connectivity index (χ1) is 11.0. The SMILES string of the molecule is O[C@H](c1cccc(C(F)(F)F)c1)[C@H](O)c1cccc(C(F)(F)F)c1. The van der Waals surface area contributed by atoms with E-state index in [4.69, 9.17) is 0 Å². The maximum atomic E-state index is 12.7. The van der Waals surface area contributed by atoms with E-state index in [2.05, 4.69) is 0 Å². The van der Waals surface area contributed by atoms with Crippen LogP contribution in [0.2, 0.25) is 0 Å². The van der Waals surface area contributed by atoms with Gasteiger partial charge >= 0.3 is 12.4 Å². The van der Waals surface area contributed by atoms with Gasteiger partial charge in [0, 0.05) is 0 Å². The fourth-order valence-electron chi connectivity index (χ4n) is 2.16. The summed E-state index contributed by atoms with van der Waals surface area (Å²) in [5.41, 5.74) is -2.57. The van der Waals surface area contributed by atoms with Crippen LogP contribution in [0.1, 0.15) is 34.5 Å². The van der Waals surface area contributed by atoms with Crippen LogP contribution < -0.4 is 0 Å². The summed E-state index contributed by atoms with van der Waals surface area (Å²) in [7, 11) is 0. The average molecular weight is 350 g/mol. The van der Waals surface area contributed by atoms with E-state index < -0.39 is 35.7 Å². The van der Waals surface area contributed by atoms with Crippen LogP contribution in [0.5, 0.6) is 0 Å². The number of hydrogen-bond acceptors (Lipinski definition) is 2. The van der Waals surface area contributed by atoms with E-state index in [9.17, 15) is 36.6 Å². The van der Waals surface area contributed by atoms with Crippen LogP contribution in [0.15, 0.2) is 48.5 Å². The molecule has 0 aliphatic heterocycles. The van der Waals surface area contributed by atoms with Gasteiger partial charge in [0.25, 0.3) is 0 Å². The van der Waals surface area contributed by atoms with Crippen LogP contribution in [0, 0.1) is 0 Å². The molecule has 0 fully saturated rings. The Hall–Kier alpha value is -2.06. The highest BCUT2D eigenvalue weighted by molar-refractivity contribution is 5.32. The second-order valence-electron chi connectivity index (χ2n) is 5.14. The normalized spacial score (nSPS) is 15.2. The Morgan fingerprint density at radius 1 is 0.625 bits per heavy atom. The minimum absolute atomic E-state index is 0.255. The van der Waals surface area contributed by atoms with Gasteiger partial charge in [-0.2, -0.15) is 26.3 Å². The fraction of sp³-hybridized carbons (Fsp3) is 0.250. The van der Waals surface area contributed by atoms with E-state index in [0.29, 0.717) is 12.1 Å². The van der Waals surface area contributed by atoms with Crippen molar-refractivity contribution in [3.63, 3.8) is 0 Å². The highest BCUT2D eigenvalue weighted by atomic mass is 19.4. The Morgan fingerprint density at radius 3 is 1.25 bits per heavy atom. The van der Waals surface area contributed by atoms with Gasteiger partial charge in [-0.15, -0.1) is 0 Å². The molecule has 0 saturated heterocycles. The first kappa shape index (κ1) is 18.3. The number of aliphatic hydroxyl groups excluding tert-OH is 2. The quantitative estimate of drug-likeness (QED) is 0.801. The van der Waals surface area contributed by atoms with Crippen molar-refractivity contribution in [2.75, 3.05) is 0 Å². The van der Waals surface area contributed by atoms with Gasteiger partial charge in [-0.1, -0.05) is 24.3 Å². The molecule has 2 aromatic carbocycles. The number of hydrogen-bond donors (Lipinski definition) is 2. The monoisotopic (exact) mass is 350 g/mol. The summed E-state index contributed by atoms with van der Waals surface area (Å²) >= 11 is 0. The molecule has 0 heterocycles. The van der Waals surface area contributed by atoms with Gasteiger partial charge in [0.15, 0.2) is 0 Å². The molecule has 24 heavy (non-hydrogen) atoms. The summed E-state index contributed by atoms with van der Waals surface area (Å²) in [4.78, 5) is 0. The summed E-state index contributed by atoms with van der Waals surface area (Å²) in [5.74, 6) is 0. The molecule has 0 bridgehead atoms. The lowest BCUT2D eigenvalue weighted by molar-refractivity contribution is -0.138. The molecule has 2 atom stereocenters. The lowest BCUT2D eigenvalue weighted by Crippen LogP contribution is -2.13. The molecule has 2 nitrogen and oxygen atoms in total. The van der Waals surface area contributed by atoms with E-state index >= 15 is 0 Å². The van der Waals surface area contributed by atoms with Gasteiger partial charge in [0.1, 0.15) is 12.2 Å². The lowest BCUT2D eigenvalue weighted by Gasteiger charge is -2.20. The molecule has 2 N–H and O–H groups in total.